The molecule has 40 heavy (non-hydrogen) atoms. The molecule has 1 aliphatic carbocycles. The van der Waals surface area contributed by atoms with Crippen molar-refractivity contribution in [2.75, 3.05) is 38.2 Å². The maximum absolute atomic E-state index is 11.9. The number of nitrogen functional groups attached to an aromatic ring is 1. The van der Waals surface area contributed by atoms with Gasteiger partial charge in [-0.2, -0.15) is 9.19 Å². The summed E-state index contributed by atoms with van der Waals surface area (Å²) in [6.07, 6.45) is 6.07. The Kier molecular flexibility index (Phi) is 8.47. The number of nitrogens with zero attached hydrogens (tertiary/aromatic N) is 5. The molecular weight excluding hydrogens is 532 g/mol. The van der Waals surface area contributed by atoms with Crippen LogP contribution in [0.3, 0.4) is 0 Å². The molecule has 214 valence electrons. The van der Waals surface area contributed by atoms with Crippen LogP contribution in [-0.4, -0.2) is 87.0 Å². The lowest BCUT2D eigenvalue weighted by Gasteiger charge is -2.19. The largest absolute Gasteiger partial charge is 0.390 e. The van der Waals surface area contributed by atoms with Crippen LogP contribution in [-0.2, 0) is 16.4 Å². The third-order valence-electron chi connectivity index (χ3n) is 7.50. The molecule has 0 amide bonds. The van der Waals surface area contributed by atoms with Gasteiger partial charge in [-0.3, -0.25) is 0 Å². The van der Waals surface area contributed by atoms with Crippen molar-refractivity contribution >= 4 is 26.9 Å². The first-order chi connectivity index (χ1) is 19.2. The Bertz CT molecular complexity index is 1540. The topological polar surface area (TPSA) is 173 Å². The smallest absolute Gasteiger partial charge is 0.250 e. The summed E-state index contributed by atoms with van der Waals surface area (Å²) >= 11 is 0. The number of aromatic nitrogens is 5. The van der Waals surface area contributed by atoms with Crippen LogP contribution in [0.25, 0.3) is 22.3 Å². The van der Waals surface area contributed by atoms with Gasteiger partial charge >= 0.3 is 0 Å². The lowest BCUT2D eigenvalue weighted by atomic mass is 10.1. The van der Waals surface area contributed by atoms with Crippen molar-refractivity contribution in [2.24, 2.45) is 5.92 Å². The highest BCUT2D eigenvalue weighted by Crippen LogP contribution is 2.40. The predicted molar refractivity (Wildman–Crippen MR) is 153 cm³/mol. The van der Waals surface area contributed by atoms with E-state index >= 15 is 0 Å². The summed E-state index contributed by atoms with van der Waals surface area (Å²) in [6, 6.07) is 11.5. The lowest BCUT2D eigenvalue weighted by Crippen LogP contribution is -2.34. The zero-order valence-electron chi connectivity index (χ0n) is 22.4. The van der Waals surface area contributed by atoms with Gasteiger partial charge in [0.15, 0.2) is 0 Å². The Morgan fingerprint density at radius 2 is 1.82 bits per heavy atom. The minimum Gasteiger partial charge on any atom is -0.390 e. The summed E-state index contributed by atoms with van der Waals surface area (Å²) in [5.41, 5.74) is 8.95. The van der Waals surface area contributed by atoms with Crippen molar-refractivity contribution < 1.29 is 18.6 Å². The average molecular weight is 569 g/mol. The number of hydrogen-bond acceptors (Lipinski definition) is 10. The van der Waals surface area contributed by atoms with E-state index < -0.39 is 28.3 Å². The van der Waals surface area contributed by atoms with Crippen molar-refractivity contribution in [3.8, 4) is 11.3 Å². The van der Waals surface area contributed by atoms with Gasteiger partial charge in [0.25, 0.3) is 10.0 Å². The van der Waals surface area contributed by atoms with Crippen LogP contribution in [0, 0.1) is 5.92 Å². The fraction of sp³-hybridized carbons (Fsp3) is 0.444. The van der Waals surface area contributed by atoms with E-state index in [0.29, 0.717) is 35.3 Å². The summed E-state index contributed by atoms with van der Waals surface area (Å²) in [7, 11) is -3.56. The Labute approximate surface area is 233 Å². The molecule has 0 saturated heterocycles. The first kappa shape index (κ1) is 28.2. The Morgan fingerprint density at radius 3 is 2.58 bits per heavy atom. The summed E-state index contributed by atoms with van der Waals surface area (Å²) in [6.45, 7) is 3.19. The number of fused-ring (bicyclic) bond motifs is 1. The normalized spacial score (nSPS) is 21.4. The summed E-state index contributed by atoms with van der Waals surface area (Å²) in [4.78, 5) is 8.51. The monoisotopic (exact) mass is 568 g/mol. The summed E-state index contributed by atoms with van der Waals surface area (Å²) in [5, 5.41) is 33.5. The molecule has 0 aliphatic heterocycles. The van der Waals surface area contributed by atoms with Crippen molar-refractivity contribution in [1.82, 2.24) is 34.4 Å². The van der Waals surface area contributed by atoms with Crippen LogP contribution in [0.4, 0.5) is 5.82 Å². The van der Waals surface area contributed by atoms with E-state index in [1.54, 1.807) is 16.8 Å². The third-order valence-corrected chi connectivity index (χ3v) is 8.38. The van der Waals surface area contributed by atoms with Crippen LogP contribution in [0.15, 0.2) is 55.1 Å². The number of aliphatic hydroxyl groups is 2. The van der Waals surface area contributed by atoms with E-state index in [9.17, 15) is 18.6 Å². The standard InChI is InChI=1S/C27H36N8O4S/c1-40(38,39)35-13-9-21(33-35)20-16-34(27-23(20)26(28)31-17-32-27)22-14-19(24(36)25(22)37)15-30-11-5-10-29-12-8-18-6-3-2-4-7-18/h2-4,6-7,9,13,16-17,19,22,24-25,29-30,36-37H,5,8,10-12,14-15H2,1H3,(H2,28,31,32)/t19-,22-,24-,25+/m1/s1. The van der Waals surface area contributed by atoms with E-state index in [4.69, 9.17) is 5.73 Å². The molecule has 12 nitrogen and oxygen atoms in total. The second-order valence-electron chi connectivity index (χ2n) is 10.3. The molecular formula is C27H36N8O4S. The number of aliphatic hydroxyl groups excluding tert-OH is 2. The molecule has 5 rings (SSSR count). The molecule has 3 aromatic heterocycles. The molecule has 0 unspecified atom stereocenters. The number of nitrogens with one attached hydrogen (secondary N) is 2. The second-order valence-corrected chi connectivity index (χ2v) is 12.2. The van der Waals surface area contributed by atoms with Crippen LogP contribution in [0.5, 0.6) is 0 Å². The molecule has 1 aliphatic rings. The third kappa shape index (κ3) is 6.03. The highest BCUT2D eigenvalue weighted by atomic mass is 32.2. The molecule has 6 N–H and O–H groups in total. The maximum Gasteiger partial charge on any atom is 0.250 e. The Hall–Kier alpha value is -3.36. The first-order valence-electron chi connectivity index (χ1n) is 13.4. The summed E-state index contributed by atoms with van der Waals surface area (Å²) < 4.78 is 26.6. The van der Waals surface area contributed by atoms with Crippen molar-refractivity contribution in [3.05, 3.63) is 60.7 Å². The Balaban J connectivity index is 1.21. The zero-order valence-corrected chi connectivity index (χ0v) is 23.2. The van der Waals surface area contributed by atoms with Gasteiger partial charge in [-0.25, -0.2) is 18.4 Å². The van der Waals surface area contributed by atoms with E-state index in [-0.39, 0.29) is 11.7 Å². The highest BCUT2D eigenvalue weighted by molar-refractivity contribution is 7.89. The highest BCUT2D eigenvalue weighted by Gasteiger charge is 2.43. The molecule has 1 fully saturated rings. The van der Waals surface area contributed by atoms with Crippen LogP contribution >= 0.6 is 0 Å². The summed E-state index contributed by atoms with van der Waals surface area (Å²) in [5.74, 6) is 0.0619. The molecule has 13 heteroatoms. The molecule has 3 heterocycles. The fourth-order valence-corrected chi connectivity index (χ4v) is 5.92. The quantitative estimate of drug-likeness (QED) is 0.154. The number of nitrogens with two attached hydrogens (primary N) is 1. The second kappa shape index (κ2) is 12.0. The molecule has 1 saturated carbocycles. The van der Waals surface area contributed by atoms with Crippen molar-refractivity contribution in [2.45, 2.75) is 37.5 Å². The minimum absolute atomic E-state index is 0.157. The number of anilines is 1. The average Bonchev–Trinajstić information content (AvgIpc) is 3.64. The van der Waals surface area contributed by atoms with E-state index in [1.807, 2.05) is 6.07 Å². The predicted octanol–water partition coefficient (Wildman–Crippen LogP) is 0.780. The number of hydrogen-bond donors (Lipinski definition) is 5. The molecule has 0 radical (unpaired) electrons. The molecule has 4 atom stereocenters. The minimum atomic E-state index is -3.56. The molecule has 0 spiro atoms. The SMILES string of the molecule is CS(=O)(=O)n1ccc(-c2cn([C@@H]3C[C@H](CNCCCNCCc4ccccc4)[C@@H](O)[C@H]3O)c3ncnc(N)c23)n1. The van der Waals surface area contributed by atoms with Crippen molar-refractivity contribution in [1.29, 1.82) is 0 Å². The van der Waals surface area contributed by atoms with Crippen LogP contribution in [0.2, 0.25) is 0 Å². The van der Waals surface area contributed by atoms with Crippen molar-refractivity contribution in [3.63, 3.8) is 0 Å². The van der Waals surface area contributed by atoms with Gasteiger partial charge < -0.3 is 31.1 Å². The fourth-order valence-electron chi connectivity index (χ4n) is 5.40. The van der Waals surface area contributed by atoms with E-state index in [1.165, 1.54) is 18.1 Å². The number of benzene rings is 1. The van der Waals surface area contributed by atoms with Gasteiger partial charge in [0.2, 0.25) is 0 Å². The molecule has 1 aromatic carbocycles. The molecule has 4 aromatic rings. The van der Waals surface area contributed by atoms with Gasteiger partial charge in [-0.05, 0) is 50.5 Å². The lowest BCUT2D eigenvalue weighted by molar-refractivity contribution is 0.00695. The number of rotatable bonds is 12. The first-order valence-corrected chi connectivity index (χ1v) is 15.3. The maximum atomic E-state index is 11.9. The van der Waals surface area contributed by atoms with Gasteiger partial charge in [0.05, 0.1) is 29.5 Å². The van der Waals surface area contributed by atoms with E-state index in [0.717, 1.165) is 42.8 Å². The Morgan fingerprint density at radius 1 is 1.05 bits per heavy atom. The van der Waals surface area contributed by atoms with Gasteiger partial charge in [0.1, 0.15) is 23.9 Å². The van der Waals surface area contributed by atoms with Gasteiger partial charge in [-0.15, -0.1) is 0 Å². The van der Waals surface area contributed by atoms with Gasteiger partial charge in [0, 0.05) is 30.4 Å². The zero-order chi connectivity index (χ0) is 28.3. The van der Waals surface area contributed by atoms with Gasteiger partial charge in [-0.1, -0.05) is 30.3 Å². The van der Waals surface area contributed by atoms with E-state index in [2.05, 4.69) is 50.0 Å². The van der Waals surface area contributed by atoms with Crippen LogP contribution in [0.1, 0.15) is 24.4 Å². The molecule has 0 bridgehead atoms. The van der Waals surface area contributed by atoms with Crippen LogP contribution < -0.4 is 16.4 Å².